The second-order valence-corrected chi connectivity index (χ2v) is 2.36. The van der Waals surface area contributed by atoms with Crippen LogP contribution in [-0.4, -0.2) is 54.8 Å². The summed E-state index contributed by atoms with van der Waals surface area (Å²) < 4.78 is 0. The molecule has 1 radical (unpaired) electrons. The van der Waals surface area contributed by atoms with Gasteiger partial charge in [0.25, 0.3) is 0 Å². The molecule has 0 aromatic heterocycles. The summed E-state index contributed by atoms with van der Waals surface area (Å²) in [5.41, 5.74) is 0. The van der Waals surface area contributed by atoms with E-state index < -0.39 is 0 Å². The Bertz CT molecular complexity index is 174. The van der Waals surface area contributed by atoms with Crippen molar-refractivity contribution in [3.8, 4) is 0 Å². The van der Waals surface area contributed by atoms with Gasteiger partial charge in [-0.05, 0) is 12.8 Å². The van der Waals surface area contributed by atoms with Crippen molar-refractivity contribution in [3.05, 3.63) is 0 Å². The minimum absolute atomic E-state index is 0. The Morgan fingerprint density at radius 3 is 1.46 bits per heavy atom. The first-order chi connectivity index (χ1) is 5.91. The summed E-state index contributed by atoms with van der Waals surface area (Å²) in [6.45, 7) is 1.11. The number of carbonyl (C=O) groups excluding carboxylic acids is 2. The average Bonchev–Trinajstić information content (AvgIpc) is 2.10. The van der Waals surface area contributed by atoms with Crippen molar-refractivity contribution < 1.29 is 9.59 Å². The summed E-state index contributed by atoms with van der Waals surface area (Å²) in [6, 6.07) is 0. The first-order valence-corrected chi connectivity index (χ1v) is 3.99. The smallest absolute Gasteiger partial charge is 0.211 e. The molecule has 0 aromatic rings. The standard InChI is InChI=1S/C8H12N2O2.Na/c11-7-9-5-3-1-2-4-6-10-8-12;/h1-6H2;. The fourth-order valence-electron chi connectivity index (χ4n) is 0.827. The molecule has 0 aromatic carbocycles. The Morgan fingerprint density at radius 2 is 1.15 bits per heavy atom. The van der Waals surface area contributed by atoms with E-state index in [4.69, 9.17) is 0 Å². The van der Waals surface area contributed by atoms with E-state index in [1.807, 2.05) is 0 Å². The van der Waals surface area contributed by atoms with Crippen LogP contribution in [0.1, 0.15) is 25.7 Å². The van der Waals surface area contributed by atoms with Crippen molar-refractivity contribution in [3.63, 3.8) is 0 Å². The van der Waals surface area contributed by atoms with Crippen LogP contribution in [0.2, 0.25) is 0 Å². The predicted octanol–water partition coefficient (Wildman–Crippen LogP) is 0.838. The minimum atomic E-state index is 0. The first-order valence-electron chi connectivity index (χ1n) is 3.99. The molecule has 0 saturated heterocycles. The molecule has 0 saturated carbocycles. The van der Waals surface area contributed by atoms with Crippen molar-refractivity contribution in [1.82, 2.24) is 0 Å². The van der Waals surface area contributed by atoms with Gasteiger partial charge in [0.2, 0.25) is 12.2 Å². The zero-order valence-electron chi connectivity index (χ0n) is 7.95. The summed E-state index contributed by atoms with van der Waals surface area (Å²) in [7, 11) is 0. The molecule has 13 heavy (non-hydrogen) atoms. The van der Waals surface area contributed by atoms with E-state index in [0.717, 1.165) is 25.7 Å². The maximum Gasteiger partial charge on any atom is 0.234 e. The maximum absolute atomic E-state index is 9.63. The molecule has 0 N–H and O–H groups in total. The van der Waals surface area contributed by atoms with Crippen LogP contribution in [0.25, 0.3) is 0 Å². The second-order valence-electron chi connectivity index (χ2n) is 2.36. The molecule has 0 spiro atoms. The third kappa shape index (κ3) is 14.6. The maximum atomic E-state index is 9.63. The predicted molar refractivity (Wildman–Crippen MR) is 50.2 cm³/mol. The van der Waals surface area contributed by atoms with Crippen molar-refractivity contribution in [2.45, 2.75) is 25.7 Å². The molecule has 5 heteroatoms. The molecule has 0 bridgehead atoms. The molecule has 4 nitrogen and oxygen atoms in total. The minimum Gasteiger partial charge on any atom is -0.211 e. The molecule has 0 fully saturated rings. The van der Waals surface area contributed by atoms with E-state index in [1.54, 1.807) is 0 Å². The molecular formula is C8H12N2NaO2. The Morgan fingerprint density at radius 1 is 0.769 bits per heavy atom. The van der Waals surface area contributed by atoms with Crippen LogP contribution in [0.3, 0.4) is 0 Å². The van der Waals surface area contributed by atoms with Crippen LogP contribution in [0.4, 0.5) is 0 Å². The third-order valence-electron chi connectivity index (χ3n) is 1.42. The Kier molecular flexibility index (Phi) is 16.8. The van der Waals surface area contributed by atoms with E-state index in [1.165, 1.54) is 12.2 Å². The number of hydrogen-bond donors (Lipinski definition) is 0. The largest absolute Gasteiger partial charge is 0.234 e. The van der Waals surface area contributed by atoms with Gasteiger partial charge < -0.3 is 0 Å². The van der Waals surface area contributed by atoms with Gasteiger partial charge in [-0.3, -0.25) is 0 Å². The monoisotopic (exact) mass is 191 g/mol. The Hall–Kier alpha value is -0.240. The number of aliphatic imine (C=N–C) groups is 2. The summed E-state index contributed by atoms with van der Waals surface area (Å²) >= 11 is 0. The molecule has 67 valence electrons. The number of rotatable bonds is 7. The molecule has 0 rings (SSSR count). The van der Waals surface area contributed by atoms with E-state index in [9.17, 15) is 9.59 Å². The van der Waals surface area contributed by atoms with Crippen molar-refractivity contribution in [2.75, 3.05) is 13.1 Å². The summed E-state index contributed by atoms with van der Waals surface area (Å²) in [6.07, 6.45) is 6.80. The van der Waals surface area contributed by atoms with Gasteiger partial charge in [0.05, 0.1) is 13.1 Å². The fourth-order valence-corrected chi connectivity index (χ4v) is 0.827. The molecule has 0 atom stereocenters. The van der Waals surface area contributed by atoms with Crippen LogP contribution < -0.4 is 0 Å². The SMILES string of the molecule is O=C=NCCCCCCN=C=O.[Na]. The van der Waals surface area contributed by atoms with Gasteiger partial charge >= 0.3 is 0 Å². The fraction of sp³-hybridized carbons (Fsp3) is 0.750. The van der Waals surface area contributed by atoms with Gasteiger partial charge in [-0.1, -0.05) is 12.8 Å². The van der Waals surface area contributed by atoms with Crippen LogP contribution >= 0.6 is 0 Å². The number of unbranched alkanes of at least 4 members (excludes halogenated alkanes) is 3. The van der Waals surface area contributed by atoms with Crippen molar-refractivity contribution in [1.29, 1.82) is 0 Å². The molecule has 0 aliphatic heterocycles. The van der Waals surface area contributed by atoms with Crippen LogP contribution in [-0.2, 0) is 9.59 Å². The molecule has 0 aliphatic rings. The summed E-state index contributed by atoms with van der Waals surface area (Å²) in [5.74, 6) is 0. The van der Waals surface area contributed by atoms with E-state index >= 15 is 0 Å². The van der Waals surface area contributed by atoms with Crippen molar-refractivity contribution in [2.24, 2.45) is 9.98 Å². The number of nitrogens with zero attached hydrogens (tertiary/aromatic N) is 2. The van der Waals surface area contributed by atoms with Gasteiger partial charge in [-0.2, -0.15) is 0 Å². The zero-order valence-corrected chi connectivity index (χ0v) is 9.95. The Balaban J connectivity index is 0. The summed E-state index contributed by atoms with van der Waals surface area (Å²) in [4.78, 5) is 26.1. The van der Waals surface area contributed by atoms with Crippen molar-refractivity contribution >= 4 is 41.7 Å². The number of isocyanates is 2. The van der Waals surface area contributed by atoms with E-state index in [0.29, 0.717) is 13.1 Å². The van der Waals surface area contributed by atoms with Gasteiger partial charge in [0.15, 0.2) is 0 Å². The van der Waals surface area contributed by atoms with Gasteiger partial charge in [0.1, 0.15) is 0 Å². The van der Waals surface area contributed by atoms with Crippen LogP contribution in [0.5, 0.6) is 0 Å². The average molecular weight is 191 g/mol. The van der Waals surface area contributed by atoms with Crippen LogP contribution in [0.15, 0.2) is 9.98 Å². The van der Waals surface area contributed by atoms with E-state index in [-0.39, 0.29) is 29.6 Å². The molecule has 0 aliphatic carbocycles. The Labute approximate surface area is 99.8 Å². The first kappa shape index (κ1) is 15.2. The van der Waals surface area contributed by atoms with Crippen LogP contribution in [0, 0.1) is 0 Å². The van der Waals surface area contributed by atoms with E-state index in [2.05, 4.69) is 9.98 Å². The molecule has 0 heterocycles. The zero-order chi connectivity index (χ0) is 9.07. The third-order valence-corrected chi connectivity index (χ3v) is 1.42. The van der Waals surface area contributed by atoms with Gasteiger partial charge in [-0.25, -0.2) is 19.6 Å². The van der Waals surface area contributed by atoms with Gasteiger partial charge in [-0.15, -0.1) is 0 Å². The normalized spacial score (nSPS) is 7.69. The second kappa shape index (κ2) is 14.3. The quantitative estimate of drug-likeness (QED) is 0.259. The number of hydrogen-bond acceptors (Lipinski definition) is 4. The summed E-state index contributed by atoms with van der Waals surface area (Å²) in [5, 5.41) is 0. The molecular weight excluding hydrogens is 179 g/mol. The van der Waals surface area contributed by atoms with Gasteiger partial charge in [0, 0.05) is 29.6 Å². The molecule has 0 amide bonds. The molecule has 0 unspecified atom stereocenters. The topological polar surface area (TPSA) is 58.9 Å².